The van der Waals surface area contributed by atoms with Crippen LogP contribution in [0, 0.1) is 0 Å². The fraction of sp³-hybridized carbons (Fsp3) is 0.820. The predicted molar refractivity (Wildman–Crippen MR) is 300 cm³/mol. The Morgan fingerprint density at radius 1 is 0.480 bits per heavy atom. The van der Waals surface area contributed by atoms with Gasteiger partial charge in [0.1, 0.15) is 48.8 Å². The van der Waals surface area contributed by atoms with Gasteiger partial charge in [-0.05, 0) is 77.0 Å². The van der Waals surface area contributed by atoms with Crippen LogP contribution in [0.15, 0.2) is 60.8 Å². The molecule has 1 amide bonds. The largest absolute Gasteiger partial charge is 0.394 e. The second-order valence-electron chi connectivity index (χ2n) is 21.1. The van der Waals surface area contributed by atoms with E-state index in [0.29, 0.717) is 12.8 Å². The molecule has 0 aromatic heterocycles. The molecule has 12 atom stereocenters. The zero-order valence-electron chi connectivity index (χ0n) is 46.8. The van der Waals surface area contributed by atoms with Crippen molar-refractivity contribution in [3.63, 3.8) is 0 Å². The van der Waals surface area contributed by atoms with Crippen molar-refractivity contribution in [1.29, 1.82) is 0 Å². The molecule has 9 N–H and O–H groups in total. The molecule has 2 rings (SSSR count). The second-order valence-corrected chi connectivity index (χ2v) is 21.1. The van der Waals surface area contributed by atoms with Gasteiger partial charge < -0.3 is 65.1 Å². The third-order valence-corrected chi connectivity index (χ3v) is 14.4. The highest BCUT2D eigenvalue weighted by Gasteiger charge is 2.51. The molecule has 0 spiro atoms. The number of carbonyl (C=O) groups excluding carboxylic acids is 1. The fourth-order valence-electron chi connectivity index (χ4n) is 9.53. The number of hydrogen-bond donors (Lipinski definition) is 9. The Morgan fingerprint density at radius 2 is 0.893 bits per heavy atom. The zero-order valence-corrected chi connectivity index (χ0v) is 46.8. The smallest absolute Gasteiger partial charge is 0.220 e. The maximum atomic E-state index is 13.2. The lowest BCUT2D eigenvalue weighted by Gasteiger charge is -2.46. The summed E-state index contributed by atoms with van der Waals surface area (Å²) in [5, 5.41) is 87.0. The molecule has 0 radical (unpaired) electrons. The van der Waals surface area contributed by atoms with Gasteiger partial charge in [-0.3, -0.25) is 4.79 Å². The summed E-state index contributed by atoms with van der Waals surface area (Å²) in [5.74, 6) is -0.255. The lowest BCUT2D eigenvalue weighted by atomic mass is 9.97. The van der Waals surface area contributed by atoms with Crippen LogP contribution in [0.25, 0.3) is 0 Å². The van der Waals surface area contributed by atoms with Crippen molar-refractivity contribution >= 4 is 5.91 Å². The maximum absolute atomic E-state index is 13.2. The molecule has 2 heterocycles. The summed E-state index contributed by atoms with van der Waals surface area (Å²) < 4.78 is 22.7. The second kappa shape index (κ2) is 46.6. The average Bonchev–Trinajstić information content (AvgIpc) is 3.41. The van der Waals surface area contributed by atoms with Crippen LogP contribution in [0.2, 0.25) is 0 Å². The first-order valence-corrected chi connectivity index (χ1v) is 30.0. The van der Waals surface area contributed by atoms with Crippen molar-refractivity contribution < 1.29 is 64.6 Å². The third-order valence-electron chi connectivity index (χ3n) is 14.4. The van der Waals surface area contributed by atoms with Crippen LogP contribution in [-0.4, -0.2) is 140 Å². The summed E-state index contributed by atoms with van der Waals surface area (Å²) in [6, 6.07) is -0.938. The summed E-state index contributed by atoms with van der Waals surface area (Å²) in [6.45, 7) is 2.74. The number of allylic oxidation sites excluding steroid dienone is 9. The van der Waals surface area contributed by atoms with Crippen LogP contribution in [0.4, 0.5) is 0 Å². The topological polar surface area (TPSA) is 228 Å². The van der Waals surface area contributed by atoms with E-state index in [4.69, 9.17) is 18.9 Å². The molecule has 12 unspecified atom stereocenters. The highest BCUT2D eigenvalue weighted by Crippen LogP contribution is 2.30. The molecule has 0 bridgehead atoms. The Labute approximate surface area is 454 Å². The highest BCUT2D eigenvalue weighted by molar-refractivity contribution is 5.76. The molecule has 0 saturated carbocycles. The van der Waals surface area contributed by atoms with Crippen LogP contribution >= 0.6 is 0 Å². The SMILES string of the molecule is CCCCCC/C=C/CC/C=C/CC/C=C/C(O)C(COC1OC(CO)C(OC2OC(CO)C(O)C(O)C2O)C(O)C1O)NC(=O)CCCCCCCCCCCCCCCCC/C=C\C/C=C\CCCCCCC. The molecule has 0 aromatic carbocycles. The minimum Gasteiger partial charge on any atom is -0.394 e. The number of nitrogens with one attached hydrogen (secondary N) is 1. The number of hydrogen-bond acceptors (Lipinski definition) is 13. The molecular formula is C61H109NO13. The van der Waals surface area contributed by atoms with Crippen molar-refractivity contribution in [2.75, 3.05) is 19.8 Å². The Balaban J connectivity index is 1.72. The standard InChI is InChI=1S/C61H109NO13/c1-3-5-7-9-11-13-15-17-19-20-21-22-23-24-25-26-27-28-29-30-31-33-35-37-39-41-43-45-53(66)62-49(50(65)44-42-40-38-36-34-32-18-16-14-12-10-8-6-4-2)48-72-60-58(71)56(69)59(52(47-64)74-60)75-61-57(70)55(68)54(67)51(46-63)73-61/h14-17,20-21,34,36,42,44,49-52,54-61,63-65,67-71H,3-13,18-19,22-33,35,37-41,43,45-48H2,1-2H3,(H,62,66)/b16-14+,17-15-,21-20-,36-34+,44-42+. The first-order valence-electron chi connectivity index (χ1n) is 30.0. The van der Waals surface area contributed by atoms with E-state index in [1.54, 1.807) is 6.08 Å². The molecule has 2 fully saturated rings. The van der Waals surface area contributed by atoms with E-state index in [0.717, 1.165) is 51.4 Å². The van der Waals surface area contributed by atoms with Gasteiger partial charge in [-0.15, -0.1) is 0 Å². The first-order chi connectivity index (χ1) is 36.6. The predicted octanol–water partition coefficient (Wildman–Crippen LogP) is 10.2. The van der Waals surface area contributed by atoms with Gasteiger partial charge in [0, 0.05) is 6.42 Å². The Hall–Kier alpha value is -2.31. The van der Waals surface area contributed by atoms with E-state index >= 15 is 0 Å². The van der Waals surface area contributed by atoms with E-state index in [1.165, 1.54) is 141 Å². The molecule has 14 heteroatoms. The quantitative estimate of drug-likeness (QED) is 0.0204. The van der Waals surface area contributed by atoms with Gasteiger partial charge in [0.25, 0.3) is 0 Å². The van der Waals surface area contributed by atoms with E-state index in [1.807, 2.05) is 6.08 Å². The van der Waals surface area contributed by atoms with E-state index in [2.05, 4.69) is 67.8 Å². The van der Waals surface area contributed by atoms with Gasteiger partial charge in [-0.2, -0.15) is 0 Å². The fourth-order valence-corrected chi connectivity index (χ4v) is 9.53. The summed E-state index contributed by atoms with van der Waals surface area (Å²) in [6.07, 6.45) is 42.7. The van der Waals surface area contributed by atoms with Crippen LogP contribution in [-0.2, 0) is 23.7 Å². The van der Waals surface area contributed by atoms with Crippen LogP contribution < -0.4 is 5.32 Å². The maximum Gasteiger partial charge on any atom is 0.220 e. The van der Waals surface area contributed by atoms with Crippen molar-refractivity contribution in [3.8, 4) is 0 Å². The molecule has 2 aliphatic rings. The third kappa shape index (κ3) is 32.4. The summed E-state index contributed by atoms with van der Waals surface area (Å²) in [7, 11) is 0. The lowest BCUT2D eigenvalue weighted by Crippen LogP contribution is -2.65. The monoisotopic (exact) mass is 1060 g/mol. The number of unbranched alkanes of at least 4 members (excludes halogenated alkanes) is 26. The minimum atomic E-state index is -1.79. The molecular weight excluding hydrogens is 955 g/mol. The average molecular weight is 1060 g/mol. The number of aliphatic hydroxyl groups is 8. The van der Waals surface area contributed by atoms with E-state index < -0.39 is 86.8 Å². The molecule has 0 aliphatic carbocycles. The van der Waals surface area contributed by atoms with Gasteiger partial charge in [0.2, 0.25) is 5.91 Å². The number of rotatable bonds is 47. The molecule has 2 aliphatic heterocycles. The summed E-state index contributed by atoms with van der Waals surface area (Å²) >= 11 is 0. The first kappa shape index (κ1) is 68.8. The van der Waals surface area contributed by atoms with Gasteiger partial charge in [-0.1, -0.05) is 203 Å². The van der Waals surface area contributed by atoms with Crippen molar-refractivity contribution in [2.24, 2.45) is 0 Å². The van der Waals surface area contributed by atoms with Crippen molar-refractivity contribution in [2.45, 2.75) is 299 Å². The van der Waals surface area contributed by atoms with Crippen LogP contribution in [0.1, 0.15) is 226 Å². The number of amides is 1. The normalized spacial score (nSPS) is 25.5. The van der Waals surface area contributed by atoms with Crippen molar-refractivity contribution in [1.82, 2.24) is 5.32 Å². The van der Waals surface area contributed by atoms with E-state index in [-0.39, 0.29) is 18.9 Å². The molecule has 14 nitrogen and oxygen atoms in total. The molecule has 436 valence electrons. The van der Waals surface area contributed by atoms with Crippen LogP contribution in [0.3, 0.4) is 0 Å². The zero-order chi connectivity index (χ0) is 54.6. The van der Waals surface area contributed by atoms with Gasteiger partial charge in [0.15, 0.2) is 12.6 Å². The Morgan fingerprint density at radius 3 is 1.40 bits per heavy atom. The number of carbonyl (C=O) groups is 1. The molecule has 2 saturated heterocycles. The van der Waals surface area contributed by atoms with Gasteiger partial charge in [-0.25, -0.2) is 0 Å². The number of aliphatic hydroxyl groups excluding tert-OH is 8. The molecule has 75 heavy (non-hydrogen) atoms. The number of ether oxygens (including phenoxy) is 4. The lowest BCUT2D eigenvalue weighted by molar-refractivity contribution is -0.359. The molecule has 0 aromatic rings. The summed E-state index contributed by atoms with van der Waals surface area (Å²) in [5.41, 5.74) is 0. The minimum absolute atomic E-state index is 0.255. The van der Waals surface area contributed by atoms with E-state index in [9.17, 15) is 45.6 Å². The van der Waals surface area contributed by atoms with Gasteiger partial charge in [0.05, 0.1) is 32.0 Å². The Kier molecular flexibility index (Phi) is 42.7. The van der Waals surface area contributed by atoms with Gasteiger partial charge >= 0.3 is 0 Å². The van der Waals surface area contributed by atoms with Crippen molar-refractivity contribution in [3.05, 3.63) is 60.8 Å². The highest BCUT2D eigenvalue weighted by atomic mass is 16.7. The Bertz CT molecular complexity index is 1490. The summed E-state index contributed by atoms with van der Waals surface area (Å²) in [4.78, 5) is 13.2. The van der Waals surface area contributed by atoms with Crippen LogP contribution in [0.5, 0.6) is 0 Å².